The molecule has 34 heavy (non-hydrogen) atoms. The maximum absolute atomic E-state index is 14.4. The summed E-state index contributed by atoms with van der Waals surface area (Å²) in [5.74, 6) is -0.166. The molecule has 3 aliphatic rings. The van der Waals surface area contributed by atoms with Crippen LogP contribution in [0.15, 0.2) is 36.0 Å². The number of aromatic nitrogens is 1. The maximum Gasteiger partial charge on any atom is 0.249 e. The quantitative estimate of drug-likeness (QED) is 0.552. The SMILES string of the molecule is NC(=O)c1ccc(F)c2c1C=C(N(CC1CC1)C[C@@H]1CCc3[nH]c4ccc(F)cc4c3C1)CO2. The number of carbonyl (C=O) groups is 1. The summed E-state index contributed by atoms with van der Waals surface area (Å²) in [5.41, 5.74) is 10.6. The Bertz CT molecular complexity index is 1330. The Morgan fingerprint density at radius 1 is 1.12 bits per heavy atom. The van der Waals surface area contributed by atoms with E-state index in [4.69, 9.17) is 10.5 Å². The lowest BCUT2D eigenvalue weighted by Gasteiger charge is -2.35. The second-order valence-electron chi connectivity index (χ2n) is 9.86. The molecule has 1 atom stereocenters. The summed E-state index contributed by atoms with van der Waals surface area (Å²) in [6.45, 7) is 2.01. The highest BCUT2D eigenvalue weighted by molar-refractivity contribution is 5.98. The fourth-order valence-electron chi connectivity index (χ4n) is 5.46. The lowest BCUT2D eigenvalue weighted by atomic mass is 9.85. The number of H-pyrrole nitrogens is 1. The zero-order chi connectivity index (χ0) is 23.4. The Morgan fingerprint density at radius 3 is 2.74 bits per heavy atom. The van der Waals surface area contributed by atoms with Gasteiger partial charge in [-0.05, 0) is 85.9 Å². The Labute approximate surface area is 196 Å². The number of carbonyl (C=O) groups excluding carboxylic acids is 1. The van der Waals surface area contributed by atoms with Crippen molar-refractivity contribution in [2.24, 2.45) is 17.6 Å². The Balaban J connectivity index is 1.30. The van der Waals surface area contributed by atoms with Gasteiger partial charge < -0.3 is 20.4 Å². The van der Waals surface area contributed by atoms with Crippen LogP contribution in [0.3, 0.4) is 0 Å². The van der Waals surface area contributed by atoms with Crippen LogP contribution in [-0.4, -0.2) is 35.5 Å². The van der Waals surface area contributed by atoms with Crippen LogP contribution >= 0.6 is 0 Å². The van der Waals surface area contributed by atoms with Crippen LogP contribution in [0.5, 0.6) is 5.75 Å². The van der Waals surface area contributed by atoms with Gasteiger partial charge in [0.1, 0.15) is 12.4 Å². The molecule has 0 radical (unpaired) electrons. The molecule has 2 aliphatic carbocycles. The van der Waals surface area contributed by atoms with Crippen molar-refractivity contribution in [2.45, 2.75) is 32.1 Å². The molecule has 3 aromatic rings. The summed E-state index contributed by atoms with van der Waals surface area (Å²) in [4.78, 5) is 17.8. The predicted octanol–water partition coefficient (Wildman–Crippen LogP) is 4.80. The Kier molecular flexibility index (Phi) is 5.08. The van der Waals surface area contributed by atoms with Gasteiger partial charge in [-0.25, -0.2) is 8.78 Å². The normalized spacial score (nSPS) is 19.2. The van der Waals surface area contributed by atoms with Gasteiger partial charge in [-0.2, -0.15) is 0 Å². The molecule has 1 aliphatic heterocycles. The van der Waals surface area contributed by atoms with E-state index in [1.807, 2.05) is 12.1 Å². The number of halogens is 2. The largest absolute Gasteiger partial charge is 0.484 e. The zero-order valence-corrected chi connectivity index (χ0v) is 18.9. The van der Waals surface area contributed by atoms with E-state index in [9.17, 15) is 13.6 Å². The first kappa shape index (κ1) is 21.2. The second kappa shape index (κ2) is 8.15. The number of nitrogens with one attached hydrogen (secondary N) is 1. The summed E-state index contributed by atoms with van der Waals surface area (Å²) >= 11 is 0. The summed E-state index contributed by atoms with van der Waals surface area (Å²) in [5, 5.41) is 0.976. The molecule has 1 fully saturated rings. The number of aryl methyl sites for hydroxylation is 1. The topological polar surface area (TPSA) is 71.4 Å². The average Bonchev–Trinajstić information content (AvgIpc) is 3.57. The molecule has 5 nitrogen and oxygen atoms in total. The highest BCUT2D eigenvalue weighted by Crippen LogP contribution is 2.38. The average molecular weight is 464 g/mol. The number of primary amides is 1. The molecular formula is C27H27F2N3O2. The van der Waals surface area contributed by atoms with Crippen molar-refractivity contribution in [3.63, 3.8) is 0 Å². The van der Waals surface area contributed by atoms with Gasteiger partial charge in [0.25, 0.3) is 0 Å². The standard InChI is InChI=1S/C27H27F2N3O2/c28-17-4-8-25-21(10-17)20-9-16(3-7-24(20)31-25)13-32(12-15-1-2-15)18-11-22-19(27(30)33)5-6-23(29)26(22)34-14-18/h4-6,8,10-11,15-16,31H,1-3,7,9,12-14H2,(H2,30,33)/t16-/m1/s1. The van der Waals surface area contributed by atoms with Gasteiger partial charge >= 0.3 is 0 Å². The van der Waals surface area contributed by atoms with Gasteiger partial charge in [0.2, 0.25) is 5.91 Å². The second-order valence-corrected chi connectivity index (χ2v) is 9.86. The fraction of sp³-hybridized carbons (Fsp3) is 0.370. The molecule has 1 amide bonds. The third kappa shape index (κ3) is 3.83. The number of aromatic amines is 1. The number of rotatable bonds is 6. The molecule has 176 valence electrons. The van der Waals surface area contributed by atoms with E-state index in [0.717, 1.165) is 49.0 Å². The molecule has 0 bridgehead atoms. The molecule has 0 unspecified atom stereocenters. The van der Waals surface area contributed by atoms with Crippen LogP contribution in [0, 0.1) is 23.5 Å². The number of ether oxygens (including phenoxy) is 1. The van der Waals surface area contributed by atoms with Crippen molar-refractivity contribution >= 4 is 22.9 Å². The minimum Gasteiger partial charge on any atom is -0.484 e. The van der Waals surface area contributed by atoms with E-state index < -0.39 is 11.7 Å². The molecule has 0 saturated heterocycles. The number of benzene rings is 2. The van der Waals surface area contributed by atoms with Gasteiger partial charge in [-0.3, -0.25) is 4.79 Å². The van der Waals surface area contributed by atoms with Crippen molar-refractivity contribution < 1.29 is 18.3 Å². The first-order valence-corrected chi connectivity index (χ1v) is 12.0. The van der Waals surface area contributed by atoms with Crippen LogP contribution in [0.1, 0.15) is 46.4 Å². The van der Waals surface area contributed by atoms with Crippen molar-refractivity contribution in [2.75, 3.05) is 19.7 Å². The van der Waals surface area contributed by atoms with E-state index in [-0.39, 0.29) is 23.7 Å². The summed E-state index contributed by atoms with van der Waals surface area (Å²) in [6, 6.07) is 7.58. The Hall–Kier alpha value is -3.35. The highest BCUT2D eigenvalue weighted by Gasteiger charge is 2.31. The maximum atomic E-state index is 14.4. The third-order valence-corrected chi connectivity index (χ3v) is 7.40. The van der Waals surface area contributed by atoms with E-state index in [1.54, 1.807) is 6.07 Å². The molecule has 1 aromatic heterocycles. The van der Waals surface area contributed by atoms with E-state index >= 15 is 0 Å². The number of nitrogens with zero attached hydrogens (tertiary/aromatic N) is 1. The molecule has 7 heteroatoms. The molecular weight excluding hydrogens is 436 g/mol. The van der Waals surface area contributed by atoms with Gasteiger partial charge in [0, 0.05) is 35.2 Å². The van der Waals surface area contributed by atoms with Crippen molar-refractivity contribution in [3.8, 4) is 5.75 Å². The van der Waals surface area contributed by atoms with Crippen LogP contribution < -0.4 is 10.5 Å². The molecule has 2 aromatic carbocycles. The lowest BCUT2D eigenvalue weighted by Crippen LogP contribution is -2.36. The van der Waals surface area contributed by atoms with Crippen LogP contribution in [0.2, 0.25) is 0 Å². The smallest absolute Gasteiger partial charge is 0.249 e. The van der Waals surface area contributed by atoms with E-state index in [1.165, 1.54) is 42.3 Å². The van der Waals surface area contributed by atoms with Crippen LogP contribution in [0.25, 0.3) is 17.0 Å². The summed E-state index contributed by atoms with van der Waals surface area (Å²) in [7, 11) is 0. The summed E-state index contributed by atoms with van der Waals surface area (Å²) in [6.07, 6.45) is 7.14. The van der Waals surface area contributed by atoms with Crippen molar-refractivity contribution in [3.05, 3.63) is 70.0 Å². The number of nitrogens with two attached hydrogens (primary N) is 1. The molecule has 6 rings (SSSR count). The monoisotopic (exact) mass is 463 g/mol. The van der Waals surface area contributed by atoms with Gasteiger partial charge in [0.15, 0.2) is 11.6 Å². The van der Waals surface area contributed by atoms with E-state index in [2.05, 4.69) is 9.88 Å². The number of hydrogen-bond acceptors (Lipinski definition) is 3. The Morgan fingerprint density at radius 2 is 1.94 bits per heavy atom. The molecule has 0 spiro atoms. The van der Waals surface area contributed by atoms with Crippen LogP contribution in [0.4, 0.5) is 8.78 Å². The van der Waals surface area contributed by atoms with Crippen molar-refractivity contribution in [1.29, 1.82) is 0 Å². The highest BCUT2D eigenvalue weighted by atomic mass is 19.1. The number of hydrogen-bond donors (Lipinski definition) is 2. The number of amides is 1. The zero-order valence-electron chi connectivity index (χ0n) is 18.9. The summed E-state index contributed by atoms with van der Waals surface area (Å²) < 4.78 is 34.1. The van der Waals surface area contributed by atoms with Gasteiger partial charge in [-0.1, -0.05) is 0 Å². The lowest BCUT2D eigenvalue weighted by molar-refractivity contribution is 0.0999. The molecule has 1 saturated carbocycles. The molecule has 2 heterocycles. The first-order chi connectivity index (χ1) is 16.5. The van der Waals surface area contributed by atoms with Crippen LogP contribution in [-0.2, 0) is 12.8 Å². The van der Waals surface area contributed by atoms with Gasteiger partial charge in [0.05, 0.1) is 11.3 Å². The minimum absolute atomic E-state index is 0.0922. The van der Waals surface area contributed by atoms with Gasteiger partial charge in [-0.15, -0.1) is 0 Å². The first-order valence-electron chi connectivity index (χ1n) is 12.0. The number of fused-ring (bicyclic) bond motifs is 4. The predicted molar refractivity (Wildman–Crippen MR) is 126 cm³/mol. The third-order valence-electron chi connectivity index (χ3n) is 7.40. The van der Waals surface area contributed by atoms with E-state index in [0.29, 0.717) is 17.4 Å². The molecule has 3 N–H and O–H groups in total. The fourth-order valence-corrected chi connectivity index (χ4v) is 5.46. The minimum atomic E-state index is -0.600. The van der Waals surface area contributed by atoms with Crippen molar-refractivity contribution in [1.82, 2.24) is 9.88 Å².